The van der Waals surface area contributed by atoms with E-state index in [0.717, 1.165) is 0 Å². The molecule has 0 aliphatic carbocycles. The monoisotopic (exact) mass is 429 g/mol. The van der Waals surface area contributed by atoms with Gasteiger partial charge in [-0.2, -0.15) is 0 Å². The first-order chi connectivity index (χ1) is 14.4. The molecule has 10 nitrogen and oxygen atoms in total. The van der Waals surface area contributed by atoms with Crippen LogP contribution in [0.3, 0.4) is 0 Å². The Kier molecular flexibility index (Phi) is 5.49. The standard InChI is InChI=1S/C21H23N3O7/c1-21(2,3)31-20(30)24-9-5-7-10-6-4-8-11(15(10)24)12-13(18(26)27)16(22)23-17(25)14(12)19(28)29/h4,6,8H,5,7,9H2,1-3H3,(H,26,27)(H,28,29)(H3,22,23,25). The lowest BCUT2D eigenvalue weighted by molar-refractivity contribution is 0.0576. The Morgan fingerprint density at radius 1 is 1.13 bits per heavy atom. The molecule has 0 atom stereocenters. The summed E-state index contributed by atoms with van der Waals surface area (Å²) in [5.41, 5.74) is 3.36. The summed E-state index contributed by atoms with van der Waals surface area (Å²) in [5.74, 6) is -3.60. The number of pyridine rings is 1. The number of nitrogens with zero attached hydrogens (tertiary/aromatic N) is 1. The van der Waals surface area contributed by atoms with Crippen molar-refractivity contribution in [3.05, 3.63) is 45.2 Å². The van der Waals surface area contributed by atoms with Crippen molar-refractivity contribution in [2.75, 3.05) is 17.2 Å². The number of nitrogens with two attached hydrogens (primary N) is 1. The van der Waals surface area contributed by atoms with E-state index in [1.54, 1.807) is 32.9 Å². The fraction of sp³-hybridized carbons (Fsp3) is 0.333. The van der Waals surface area contributed by atoms with Gasteiger partial charge in [0.15, 0.2) is 0 Å². The number of amides is 1. The summed E-state index contributed by atoms with van der Waals surface area (Å²) < 4.78 is 5.49. The molecule has 1 amide bonds. The molecule has 0 radical (unpaired) electrons. The summed E-state index contributed by atoms with van der Waals surface area (Å²) in [6.45, 7) is 5.42. The number of hydrogen-bond donors (Lipinski definition) is 4. The number of aryl methyl sites for hydroxylation is 1. The minimum Gasteiger partial charge on any atom is -0.478 e. The van der Waals surface area contributed by atoms with Gasteiger partial charge in [-0.3, -0.25) is 9.69 Å². The van der Waals surface area contributed by atoms with Gasteiger partial charge in [0.1, 0.15) is 22.5 Å². The van der Waals surface area contributed by atoms with Crippen molar-refractivity contribution in [3.63, 3.8) is 0 Å². The Morgan fingerprint density at radius 3 is 2.35 bits per heavy atom. The molecule has 3 rings (SSSR count). The van der Waals surface area contributed by atoms with Crippen LogP contribution >= 0.6 is 0 Å². The lowest BCUT2D eigenvalue weighted by atomic mass is 9.89. The van der Waals surface area contributed by atoms with E-state index in [9.17, 15) is 29.4 Å². The van der Waals surface area contributed by atoms with E-state index in [2.05, 4.69) is 4.98 Å². The molecular weight excluding hydrogens is 406 g/mol. The maximum atomic E-state index is 12.9. The number of nitrogen functional groups attached to an aromatic ring is 1. The van der Waals surface area contributed by atoms with Crippen LogP contribution in [-0.2, 0) is 11.2 Å². The van der Waals surface area contributed by atoms with Gasteiger partial charge in [0.2, 0.25) is 0 Å². The van der Waals surface area contributed by atoms with Crippen molar-refractivity contribution >= 4 is 29.5 Å². The van der Waals surface area contributed by atoms with E-state index in [-0.39, 0.29) is 17.7 Å². The van der Waals surface area contributed by atoms with Crippen LogP contribution in [0.1, 0.15) is 53.5 Å². The predicted octanol–water partition coefficient (Wildman–Crippen LogP) is 2.71. The van der Waals surface area contributed by atoms with Gasteiger partial charge in [0, 0.05) is 17.7 Å². The van der Waals surface area contributed by atoms with E-state index in [1.807, 2.05) is 0 Å². The SMILES string of the molecule is CC(C)(C)OC(=O)N1CCCc2cccc(-c3c(C(=O)O)c(N)[nH]c(=O)c3C(=O)O)c21. The van der Waals surface area contributed by atoms with Gasteiger partial charge in [-0.25, -0.2) is 14.4 Å². The smallest absolute Gasteiger partial charge is 0.414 e. The molecule has 0 saturated carbocycles. The van der Waals surface area contributed by atoms with Crippen LogP contribution in [0.5, 0.6) is 0 Å². The number of ether oxygens (including phenoxy) is 1. The van der Waals surface area contributed by atoms with Crippen molar-refractivity contribution in [2.45, 2.75) is 39.2 Å². The Balaban J connectivity index is 2.37. The largest absolute Gasteiger partial charge is 0.478 e. The average Bonchev–Trinajstić information content (AvgIpc) is 2.64. The zero-order valence-electron chi connectivity index (χ0n) is 17.3. The van der Waals surface area contributed by atoms with Crippen LogP contribution in [0.2, 0.25) is 0 Å². The number of carboxylic acid groups (broad SMARTS) is 2. The molecule has 0 saturated heterocycles. The van der Waals surface area contributed by atoms with Crippen LogP contribution in [0.15, 0.2) is 23.0 Å². The minimum absolute atomic E-state index is 0.107. The number of rotatable bonds is 3. The number of fused-ring (bicyclic) bond motifs is 1. The second-order valence-corrected chi connectivity index (χ2v) is 8.15. The summed E-state index contributed by atoms with van der Waals surface area (Å²) in [4.78, 5) is 52.6. The van der Waals surface area contributed by atoms with Crippen LogP contribution in [0.4, 0.5) is 16.3 Å². The first-order valence-electron chi connectivity index (χ1n) is 9.57. The molecule has 1 aliphatic rings. The fourth-order valence-corrected chi connectivity index (χ4v) is 3.67. The van der Waals surface area contributed by atoms with Gasteiger partial charge in [-0.05, 0) is 39.2 Å². The normalized spacial score (nSPS) is 13.5. The zero-order chi connectivity index (χ0) is 23.1. The number of nitrogens with one attached hydrogen (secondary N) is 1. The highest BCUT2D eigenvalue weighted by Crippen LogP contribution is 2.41. The lowest BCUT2D eigenvalue weighted by Gasteiger charge is -2.33. The van der Waals surface area contributed by atoms with E-state index in [4.69, 9.17) is 10.5 Å². The predicted molar refractivity (Wildman–Crippen MR) is 113 cm³/mol. The van der Waals surface area contributed by atoms with Crippen molar-refractivity contribution < 1.29 is 29.3 Å². The van der Waals surface area contributed by atoms with Crippen molar-refractivity contribution in [3.8, 4) is 11.1 Å². The first kappa shape index (κ1) is 21.9. The molecule has 2 aromatic rings. The van der Waals surface area contributed by atoms with Crippen LogP contribution in [0, 0.1) is 0 Å². The number of aromatic carboxylic acids is 2. The molecule has 0 fully saturated rings. The number of H-pyrrole nitrogens is 1. The fourth-order valence-electron chi connectivity index (χ4n) is 3.67. The van der Waals surface area contributed by atoms with Gasteiger partial charge < -0.3 is 25.7 Å². The van der Waals surface area contributed by atoms with E-state index in [0.29, 0.717) is 24.1 Å². The van der Waals surface area contributed by atoms with Gasteiger partial charge in [0.05, 0.1) is 5.69 Å². The summed E-state index contributed by atoms with van der Waals surface area (Å²) in [5, 5.41) is 19.4. The number of carbonyl (C=O) groups excluding carboxylic acids is 1. The number of aromatic nitrogens is 1. The molecule has 5 N–H and O–H groups in total. The number of benzene rings is 1. The van der Waals surface area contributed by atoms with E-state index in [1.165, 1.54) is 11.0 Å². The Morgan fingerprint density at radius 2 is 1.77 bits per heavy atom. The highest BCUT2D eigenvalue weighted by molar-refractivity contribution is 6.10. The van der Waals surface area contributed by atoms with E-state index >= 15 is 0 Å². The molecule has 0 unspecified atom stereocenters. The molecule has 2 heterocycles. The second-order valence-electron chi connectivity index (χ2n) is 8.15. The van der Waals surface area contributed by atoms with Gasteiger partial charge in [-0.1, -0.05) is 18.2 Å². The number of carbonyl (C=O) groups is 3. The third-order valence-corrected chi connectivity index (χ3v) is 4.77. The summed E-state index contributed by atoms with van der Waals surface area (Å²) in [7, 11) is 0. The van der Waals surface area contributed by atoms with Crippen molar-refractivity contribution in [1.29, 1.82) is 0 Å². The highest BCUT2D eigenvalue weighted by atomic mass is 16.6. The molecule has 10 heteroatoms. The van der Waals surface area contributed by atoms with E-state index < -0.39 is 46.1 Å². The van der Waals surface area contributed by atoms with Gasteiger partial charge >= 0.3 is 18.0 Å². The van der Waals surface area contributed by atoms with Crippen LogP contribution in [0.25, 0.3) is 11.1 Å². The number of aromatic amines is 1. The first-order valence-corrected chi connectivity index (χ1v) is 9.57. The van der Waals surface area contributed by atoms with Gasteiger partial charge in [-0.15, -0.1) is 0 Å². The quantitative estimate of drug-likeness (QED) is 0.578. The maximum absolute atomic E-state index is 12.9. The van der Waals surface area contributed by atoms with Crippen molar-refractivity contribution in [2.24, 2.45) is 0 Å². The number of carboxylic acids is 2. The molecule has 1 aromatic carbocycles. The maximum Gasteiger partial charge on any atom is 0.414 e. The van der Waals surface area contributed by atoms with Gasteiger partial charge in [0.25, 0.3) is 5.56 Å². The average molecular weight is 429 g/mol. The third kappa shape index (κ3) is 4.09. The molecule has 1 aliphatic heterocycles. The Bertz CT molecular complexity index is 1140. The number of anilines is 2. The third-order valence-electron chi connectivity index (χ3n) is 4.77. The Labute approximate surface area is 177 Å². The van der Waals surface area contributed by atoms with Crippen LogP contribution in [-0.4, -0.2) is 45.4 Å². The summed E-state index contributed by atoms with van der Waals surface area (Å²) >= 11 is 0. The number of para-hydroxylation sites is 1. The Hall–Kier alpha value is -3.82. The highest BCUT2D eigenvalue weighted by Gasteiger charge is 2.34. The zero-order valence-corrected chi connectivity index (χ0v) is 17.3. The molecule has 0 bridgehead atoms. The summed E-state index contributed by atoms with van der Waals surface area (Å²) in [6.07, 6.45) is 0.545. The second kappa shape index (κ2) is 7.78. The molecule has 0 spiro atoms. The minimum atomic E-state index is -1.61. The molecule has 1 aromatic heterocycles. The van der Waals surface area contributed by atoms with Crippen molar-refractivity contribution in [1.82, 2.24) is 4.98 Å². The molecule has 31 heavy (non-hydrogen) atoms. The molecular formula is C21H23N3O7. The van der Waals surface area contributed by atoms with Crippen LogP contribution < -0.4 is 16.2 Å². The lowest BCUT2D eigenvalue weighted by Crippen LogP contribution is -2.40. The number of hydrogen-bond acceptors (Lipinski definition) is 6. The molecule has 164 valence electrons. The summed E-state index contributed by atoms with van der Waals surface area (Å²) in [6, 6.07) is 4.84. The topological polar surface area (TPSA) is 163 Å².